The van der Waals surface area contributed by atoms with E-state index in [1.165, 1.54) is 16.7 Å². The van der Waals surface area contributed by atoms with Crippen LogP contribution in [0.4, 0.5) is 5.95 Å². The summed E-state index contributed by atoms with van der Waals surface area (Å²) in [5, 5.41) is 0. The van der Waals surface area contributed by atoms with Gasteiger partial charge in [-0.15, -0.1) is 0 Å². The molecule has 0 amide bonds. The Kier molecular flexibility index (Phi) is 6.20. The zero-order chi connectivity index (χ0) is 22.8. The Morgan fingerprint density at radius 1 is 1.00 bits per heavy atom. The highest BCUT2D eigenvalue weighted by Crippen LogP contribution is 2.32. The van der Waals surface area contributed by atoms with Crippen molar-refractivity contribution >= 4 is 5.95 Å². The van der Waals surface area contributed by atoms with E-state index in [-0.39, 0.29) is 11.0 Å². The summed E-state index contributed by atoms with van der Waals surface area (Å²) in [4.78, 5) is 11.4. The van der Waals surface area contributed by atoms with Crippen molar-refractivity contribution in [2.75, 3.05) is 24.6 Å². The van der Waals surface area contributed by atoms with E-state index in [1.807, 2.05) is 18.2 Å². The molecule has 1 aliphatic rings. The van der Waals surface area contributed by atoms with Crippen LogP contribution < -0.4 is 9.64 Å². The molecule has 5 nitrogen and oxygen atoms in total. The maximum absolute atomic E-state index is 6.03. The summed E-state index contributed by atoms with van der Waals surface area (Å²) >= 11 is 0. The molecule has 0 radical (unpaired) electrons. The number of benzene rings is 2. The Labute approximate surface area is 191 Å². The van der Waals surface area contributed by atoms with Gasteiger partial charge in [0.25, 0.3) is 0 Å². The van der Waals surface area contributed by atoms with Gasteiger partial charge in [-0.25, -0.2) is 9.97 Å². The first-order valence-electron chi connectivity index (χ1n) is 11.2. The van der Waals surface area contributed by atoms with Crippen LogP contribution in [0.2, 0.25) is 0 Å². The topological polar surface area (TPSA) is 47.5 Å². The molecular formula is C27H33N3O2. The van der Waals surface area contributed by atoms with Gasteiger partial charge in [0.05, 0.1) is 17.9 Å². The van der Waals surface area contributed by atoms with Crippen LogP contribution in [0.5, 0.6) is 5.75 Å². The van der Waals surface area contributed by atoms with Gasteiger partial charge in [-0.2, -0.15) is 0 Å². The summed E-state index contributed by atoms with van der Waals surface area (Å²) < 4.78 is 11.8. The largest absolute Gasteiger partial charge is 0.487 e. The average molecular weight is 432 g/mol. The van der Waals surface area contributed by atoms with Gasteiger partial charge in [-0.1, -0.05) is 55.8 Å². The lowest BCUT2D eigenvalue weighted by molar-refractivity contribution is -0.0281. The van der Waals surface area contributed by atoms with Gasteiger partial charge in [-0.05, 0) is 50.1 Å². The molecule has 0 bridgehead atoms. The van der Waals surface area contributed by atoms with Gasteiger partial charge >= 0.3 is 0 Å². The average Bonchev–Trinajstić information content (AvgIpc) is 2.78. The summed E-state index contributed by atoms with van der Waals surface area (Å²) in [6.07, 6.45) is 1.80. The molecule has 0 saturated carbocycles. The molecule has 0 atom stereocenters. The SMILES string of the molecule is Cc1ccc(C(C)(C)c2ccc(OCc3ccnc(N4CCOC(C)(C)C4)n3)cc2)cc1. The van der Waals surface area contributed by atoms with Gasteiger partial charge in [0.1, 0.15) is 12.4 Å². The van der Waals surface area contributed by atoms with Crippen molar-refractivity contribution in [2.24, 2.45) is 0 Å². The van der Waals surface area contributed by atoms with Crippen LogP contribution >= 0.6 is 0 Å². The van der Waals surface area contributed by atoms with E-state index >= 15 is 0 Å². The fourth-order valence-electron chi connectivity index (χ4n) is 4.07. The van der Waals surface area contributed by atoms with Crippen LogP contribution in [0.3, 0.4) is 0 Å². The summed E-state index contributed by atoms with van der Waals surface area (Å²) in [5.74, 6) is 1.57. The minimum absolute atomic E-state index is 0.0697. The molecule has 168 valence electrons. The van der Waals surface area contributed by atoms with Crippen molar-refractivity contribution in [1.82, 2.24) is 9.97 Å². The van der Waals surface area contributed by atoms with Gasteiger partial charge in [0.15, 0.2) is 0 Å². The minimum atomic E-state index is -0.192. The third-order valence-electron chi connectivity index (χ3n) is 6.14. The van der Waals surface area contributed by atoms with Crippen LogP contribution in [-0.2, 0) is 16.8 Å². The summed E-state index contributed by atoms with van der Waals surface area (Å²) in [6, 6.07) is 19.0. The minimum Gasteiger partial charge on any atom is -0.487 e. The molecule has 3 aromatic rings. The van der Waals surface area contributed by atoms with E-state index in [0.717, 1.165) is 30.5 Å². The molecule has 1 fully saturated rings. The Hall–Kier alpha value is -2.92. The number of aromatic nitrogens is 2. The molecule has 1 aliphatic heterocycles. The number of anilines is 1. The van der Waals surface area contributed by atoms with Crippen molar-refractivity contribution < 1.29 is 9.47 Å². The summed E-state index contributed by atoms with van der Waals surface area (Å²) in [7, 11) is 0. The molecule has 4 rings (SSSR count). The molecule has 5 heteroatoms. The molecule has 0 N–H and O–H groups in total. The molecule has 0 aliphatic carbocycles. The van der Waals surface area contributed by atoms with Gasteiger partial charge < -0.3 is 14.4 Å². The van der Waals surface area contributed by atoms with E-state index in [4.69, 9.17) is 14.5 Å². The highest BCUT2D eigenvalue weighted by Gasteiger charge is 2.28. The standard InChI is InChI=1S/C27H33N3O2/c1-20-6-8-21(9-7-20)27(4,5)22-10-12-24(13-11-22)31-18-23-14-15-28-25(29-23)30-16-17-32-26(2,3)19-30/h6-15H,16-19H2,1-5H3. The second kappa shape index (κ2) is 8.91. The molecule has 0 unspecified atom stereocenters. The van der Waals surface area contributed by atoms with Crippen LogP contribution in [0, 0.1) is 6.92 Å². The van der Waals surface area contributed by atoms with Gasteiger partial charge in [0.2, 0.25) is 5.95 Å². The maximum atomic E-state index is 6.03. The second-order valence-electron chi connectivity index (χ2n) is 9.68. The second-order valence-corrected chi connectivity index (χ2v) is 9.68. The summed E-state index contributed by atoms with van der Waals surface area (Å²) in [6.45, 7) is 13.5. The van der Waals surface area contributed by atoms with Gasteiger partial charge in [0, 0.05) is 24.7 Å². The quantitative estimate of drug-likeness (QED) is 0.530. The number of aryl methyl sites for hydroxylation is 1. The predicted octanol–water partition coefficient (Wildman–Crippen LogP) is 5.31. The number of nitrogens with zero attached hydrogens (tertiary/aromatic N) is 3. The lowest BCUT2D eigenvalue weighted by Gasteiger charge is -2.38. The predicted molar refractivity (Wildman–Crippen MR) is 128 cm³/mol. The molecule has 32 heavy (non-hydrogen) atoms. The molecule has 1 saturated heterocycles. The highest BCUT2D eigenvalue weighted by atomic mass is 16.5. The molecule has 1 aromatic heterocycles. The maximum Gasteiger partial charge on any atom is 0.225 e. The third-order valence-corrected chi connectivity index (χ3v) is 6.14. The van der Waals surface area contributed by atoms with Crippen LogP contribution in [-0.4, -0.2) is 35.3 Å². The van der Waals surface area contributed by atoms with Crippen molar-refractivity contribution in [3.63, 3.8) is 0 Å². The Balaban J connectivity index is 1.41. The van der Waals surface area contributed by atoms with Gasteiger partial charge in [-0.3, -0.25) is 0 Å². The first kappa shape index (κ1) is 22.3. The molecule has 2 aromatic carbocycles. The van der Waals surface area contributed by atoms with Crippen molar-refractivity contribution in [1.29, 1.82) is 0 Å². The third kappa shape index (κ3) is 5.10. The lowest BCUT2D eigenvalue weighted by Crippen LogP contribution is -2.49. The Morgan fingerprint density at radius 3 is 2.31 bits per heavy atom. The van der Waals surface area contributed by atoms with E-state index in [2.05, 4.69) is 80.9 Å². The number of hydrogen-bond acceptors (Lipinski definition) is 5. The van der Waals surface area contributed by atoms with Crippen LogP contribution in [0.25, 0.3) is 0 Å². The van der Waals surface area contributed by atoms with E-state index in [9.17, 15) is 0 Å². The first-order chi connectivity index (χ1) is 15.2. The van der Waals surface area contributed by atoms with Crippen molar-refractivity contribution in [2.45, 2.75) is 52.2 Å². The molecule has 0 spiro atoms. The van der Waals surface area contributed by atoms with E-state index in [1.54, 1.807) is 6.20 Å². The zero-order valence-electron chi connectivity index (χ0n) is 19.8. The van der Waals surface area contributed by atoms with E-state index < -0.39 is 0 Å². The van der Waals surface area contributed by atoms with Crippen LogP contribution in [0.1, 0.15) is 50.1 Å². The Bertz CT molecular complexity index is 1040. The Morgan fingerprint density at radius 2 is 1.66 bits per heavy atom. The van der Waals surface area contributed by atoms with Crippen molar-refractivity contribution in [3.05, 3.63) is 83.2 Å². The van der Waals surface area contributed by atoms with Crippen LogP contribution in [0.15, 0.2) is 60.8 Å². The number of rotatable bonds is 6. The fourth-order valence-corrected chi connectivity index (χ4v) is 4.07. The summed E-state index contributed by atoms with van der Waals surface area (Å²) in [5.41, 5.74) is 4.44. The monoisotopic (exact) mass is 431 g/mol. The number of ether oxygens (including phenoxy) is 2. The number of hydrogen-bond donors (Lipinski definition) is 0. The normalized spacial score (nSPS) is 16.1. The number of morpholine rings is 1. The lowest BCUT2D eigenvalue weighted by atomic mass is 9.78. The molecular weight excluding hydrogens is 398 g/mol. The van der Waals surface area contributed by atoms with Crippen molar-refractivity contribution in [3.8, 4) is 5.75 Å². The first-order valence-corrected chi connectivity index (χ1v) is 11.2. The smallest absolute Gasteiger partial charge is 0.225 e. The molecule has 2 heterocycles. The zero-order valence-corrected chi connectivity index (χ0v) is 19.8. The van der Waals surface area contributed by atoms with E-state index in [0.29, 0.717) is 13.2 Å². The highest BCUT2D eigenvalue weighted by molar-refractivity contribution is 5.41. The fraction of sp³-hybridized carbons (Fsp3) is 0.407.